The van der Waals surface area contributed by atoms with Gasteiger partial charge in [0.15, 0.2) is 5.13 Å². The van der Waals surface area contributed by atoms with Gasteiger partial charge in [0.1, 0.15) is 12.1 Å². The van der Waals surface area contributed by atoms with Crippen molar-refractivity contribution in [3.8, 4) is 0 Å². The zero-order valence-electron chi connectivity index (χ0n) is 16.9. The van der Waals surface area contributed by atoms with Crippen molar-refractivity contribution in [2.45, 2.75) is 51.0 Å². The Labute approximate surface area is 178 Å². The monoisotopic (exact) mass is 424 g/mol. The molecule has 1 aliphatic heterocycles. The molecular formula is C22H24N4O3S. The number of imide groups is 1. The first-order valence-electron chi connectivity index (χ1n) is 10.5. The highest BCUT2D eigenvalue weighted by molar-refractivity contribution is 7.15. The molecule has 1 spiro atoms. The minimum Gasteiger partial charge on any atom is -0.319 e. The van der Waals surface area contributed by atoms with Gasteiger partial charge in [-0.15, -0.1) is 11.3 Å². The summed E-state index contributed by atoms with van der Waals surface area (Å²) >= 11 is 1.49. The number of fused-ring (bicyclic) bond motifs is 3. The van der Waals surface area contributed by atoms with Crippen molar-refractivity contribution in [2.75, 3.05) is 11.9 Å². The summed E-state index contributed by atoms with van der Waals surface area (Å²) in [5, 5.41) is 6.22. The van der Waals surface area contributed by atoms with Crippen molar-refractivity contribution >= 4 is 34.3 Å². The number of nitrogens with zero attached hydrogens (tertiary/aromatic N) is 2. The number of hydrogen-bond acceptors (Lipinski definition) is 5. The summed E-state index contributed by atoms with van der Waals surface area (Å²) < 4.78 is 0. The molecule has 8 heteroatoms. The number of carbonyl (C=O) groups is 3. The van der Waals surface area contributed by atoms with Crippen LogP contribution in [0.15, 0.2) is 24.3 Å². The predicted molar refractivity (Wildman–Crippen MR) is 113 cm³/mol. The molecule has 2 atom stereocenters. The Balaban J connectivity index is 1.32. The number of rotatable bonds is 3. The van der Waals surface area contributed by atoms with Gasteiger partial charge in [-0.05, 0) is 55.6 Å². The van der Waals surface area contributed by atoms with Crippen LogP contribution in [0.3, 0.4) is 0 Å². The molecule has 30 heavy (non-hydrogen) atoms. The molecule has 1 aromatic carbocycles. The van der Waals surface area contributed by atoms with Crippen LogP contribution in [0.25, 0.3) is 0 Å². The lowest BCUT2D eigenvalue weighted by atomic mass is 9.76. The van der Waals surface area contributed by atoms with Crippen LogP contribution < -0.4 is 10.6 Å². The molecular weight excluding hydrogens is 400 g/mol. The number of anilines is 1. The average Bonchev–Trinajstić information content (AvgIpc) is 3.22. The van der Waals surface area contributed by atoms with Crippen LogP contribution >= 0.6 is 11.3 Å². The highest BCUT2D eigenvalue weighted by atomic mass is 32.1. The Bertz CT molecular complexity index is 1050. The van der Waals surface area contributed by atoms with Gasteiger partial charge >= 0.3 is 6.03 Å². The van der Waals surface area contributed by atoms with Crippen LogP contribution in [0, 0.1) is 5.92 Å². The van der Waals surface area contributed by atoms with Crippen LogP contribution in [-0.4, -0.2) is 34.3 Å². The predicted octanol–water partition coefficient (Wildman–Crippen LogP) is 2.99. The minimum atomic E-state index is -1.05. The van der Waals surface area contributed by atoms with E-state index in [2.05, 4.69) is 22.5 Å². The standard InChI is InChI=1S/C22H24N4O3S/c1-13-8-9-16-17(11-13)30-20(23-16)24-18(27)12-26-19(28)22(25-21(26)29)10-4-6-14-5-2-3-7-15(14)22/h2-3,5,7,13H,4,6,8-12H2,1H3,(H,25,29)(H,23,24,27)/t13-,22+/m1/s1. The number of amides is 4. The largest absolute Gasteiger partial charge is 0.325 e. The van der Waals surface area contributed by atoms with E-state index in [9.17, 15) is 14.4 Å². The quantitative estimate of drug-likeness (QED) is 0.741. The summed E-state index contributed by atoms with van der Waals surface area (Å²) in [4.78, 5) is 45.4. The zero-order chi connectivity index (χ0) is 20.9. The van der Waals surface area contributed by atoms with E-state index in [1.165, 1.54) is 16.2 Å². The van der Waals surface area contributed by atoms with Gasteiger partial charge in [0.25, 0.3) is 5.91 Å². The van der Waals surface area contributed by atoms with Crippen molar-refractivity contribution in [3.63, 3.8) is 0 Å². The molecule has 1 fully saturated rings. The second-order valence-corrected chi connectivity index (χ2v) is 9.61. The first kappa shape index (κ1) is 19.2. The highest BCUT2D eigenvalue weighted by Crippen LogP contribution is 2.40. The number of nitrogens with one attached hydrogen (secondary N) is 2. The van der Waals surface area contributed by atoms with Gasteiger partial charge in [-0.3, -0.25) is 14.5 Å². The van der Waals surface area contributed by atoms with Crippen molar-refractivity contribution in [3.05, 3.63) is 46.0 Å². The molecule has 7 nitrogen and oxygen atoms in total. The van der Waals surface area contributed by atoms with E-state index in [-0.39, 0.29) is 12.5 Å². The molecule has 3 aliphatic rings. The van der Waals surface area contributed by atoms with E-state index in [0.29, 0.717) is 17.5 Å². The number of aromatic nitrogens is 1. The summed E-state index contributed by atoms with van der Waals surface area (Å²) in [6, 6.07) is 7.21. The lowest BCUT2D eigenvalue weighted by Crippen LogP contribution is -2.47. The molecule has 2 N–H and O–H groups in total. The van der Waals surface area contributed by atoms with E-state index in [1.54, 1.807) is 0 Å². The molecule has 5 rings (SSSR count). The van der Waals surface area contributed by atoms with E-state index in [1.807, 2.05) is 24.3 Å². The third-order valence-electron chi connectivity index (χ3n) is 6.38. The lowest BCUT2D eigenvalue weighted by Gasteiger charge is -2.33. The van der Waals surface area contributed by atoms with Crippen molar-refractivity contribution in [2.24, 2.45) is 5.92 Å². The zero-order valence-corrected chi connectivity index (χ0v) is 17.7. The van der Waals surface area contributed by atoms with Crippen LogP contribution in [-0.2, 0) is 34.4 Å². The van der Waals surface area contributed by atoms with Gasteiger partial charge < -0.3 is 10.6 Å². The molecule has 0 unspecified atom stereocenters. The van der Waals surface area contributed by atoms with Gasteiger partial charge in [0.05, 0.1) is 5.69 Å². The van der Waals surface area contributed by atoms with Crippen molar-refractivity contribution < 1.29 is 14.4 Å². The number of urea groups is 1. The Hall–Kier alpha value is -2.74. The van der Waals surface area contributed by atoms with Gasteiger partial charge in [0.2, 0.25) is 5.91 Å². The molecule has 0 saturated carbocycles. The fourth-order valence-electron chi connectivity index (χ4n) is 4.85. The maximum absolute atomic E-state index is 13.3. The molecule has 2 heterocycles. The molecule has 156 valence electrons. The Kier molecular flexibility index (Phi) is 4.61. The maximum Gasteiger partial charge on any atom is 0.325 e. The van der Waals surface area contributed by atoms with Crippen LogP contribution in [0.2, 0.25) is 0 Å². The Morgan fingerprint density at radius 1 is 1.33 bits per heavy atom. The van der Waals surface area contributed by atoms with Gasteiger partial charge in [-0.25, -0.2) is 9.78 Å². The maximum atomic E-state index is 13.3. The number of hydrogen-bond donors (Lipinski definition) is 2. The lowest BCUT2D eigenvalue weighted by molar-refractivity contribution is -0.134. The summed E-state index contributed by atoms with van der Waals surface area (Å²) in [6.45, 7) is 1.91. The molecule has 2 aliphatic carbocycles. The number of thiazole rings is 1. The second kappa shape index (κ2) is 7.19. The smallest absolute Gasteiger partial charge is 0.319 e. The second-order valence-electron chi connectivity index (χ2n) is 8.52. The number of carbonyl (C=O) groups excluding carboxylic acids is 3. The molecule has 1 aromatic heterocycles. The normalized spacial score (nSPS) is 25.1. The number of benzene rings is 1. The third-order valence-corrected chi connectivity index (χ3v) is 7.42. The van der Waals surface area contributed by atoms with Gasteiger partial charge in [-0.1, -0.05) is 31.2 Å². The summed E-state index contributed by atoms with van der Waals surface area (Å²) in [5.74, 6) is -0.122. The average molecular weight is 425 g/mol. The molecule has 1 saturated heterocycles. The van der Waals surface area contributed by atoms with Crippen molar-refractivity contribution in [1.82, 2.24) is 15.2 Å². The fraction of sp³-hybridized carbons (Fsp3) is 0.455. The Morgan fingerprint density at radius 2 is 2.17 bits per heavy atom. The molecule has 4 amide bonds. The Morgan fingerprint density at radius 3 is 3.03 bits per heavy atom. The summed E-state index contributed by atoms with van der Waals surface area (Å²) in [6.07, 6.45) is 5.26. The first-order valence-corrected chi connectivity index (χ1v) is 11.3. The van der Waals surface area contributed by atoms with Gasteiger partial charge in [0, 0.05) is 4.88 Å². The van der Waals surface area contributed by atoms with E-state index in [4.69, 9.17) is 0 Å². The first-order chi connectivity index (χ1) is 14.5. The van der Waals surface area contributed by atoms with E-state index < -0.39 is 17.5 Å². The van der Waals surface area contributed by atoms with Crippen LogP contribution in [0.4, 0.5) is 9.93 Å². The topological polar surface area (TPSA) is 91.4 Å². The molecule has 0 radical (unpaired) electrons. The fourth-order valence-corrected chi connectivity index (χ4v) is 6.04. The van der Waals surface area contributed by atoms with Crippen LogP contribution in [0.1, 0.15) is 47.9 Å². The van der Waals surface area contributed by atoms with Crippen LogP contribution in [0.5, 0.6) is 0 Å². The highest BCUT2D eigenvalue weighted by Gasteiger charge is 2.54. The minimum absolute atomic E-state index is 0.310. The van der Waals surface area contributed by atoms with E-state index in [0.717, 1.165) is 53.8 Å². The third kappa shape index (κ3) is 3.10. The summed E-state index contributed by atoms with van der Waals surface area (Å²) in [7, 11) is 0. The van der Waals surface area contributed by atoms with E-state index >= 15 is 0 Å². The number of aryl methyl sites for hydroxylation is 2. The van der Waals surface area contributed by atoms with Gasteiger partial charge in [-0.2, -0.15) is 0 Å². The summed E-state index contributed by atoms with van der Waals surface area (Å²) in [5.41, 5.74) is 1.93. The van der Waals surface area contributed by atoms with Crippen molar-refractivity contribution in [1.29, 1.82) is 0 Å². The SMILES string of the molecule is C[C@@H]1CCc2nc(NC(=O)CN3C(=O)N[C@]4(CCCc5ccccc54)C3=O)sc2C1. The molecule has 0 bridgehead atoms. The molecule has 2 aromatic rings.